The molecule has 6 nitrogen and oxygen atoms in total. The van der Waals surface area contributed by atoms with Crippen LogP contribution >= 0.6 is 0 Å². The first-order valence-electron chi connectivity index (χ1n) is 7.78. The molecule has 0 atom stereocenters. The quantitative estimate of drug-likeness (QED) is 0.892. The van der Waals surface area contributed by atoms with Gasteiger partial charge in [0.05, 0.1) is 13.2 Å². The van der Waals surface area contributed by atoms with Crippen LogP contribution in [0.25, 0.3) is 0 Å². The van der Waals surface area contributed by atoms with Gasteiger partial charge in [0.2, 0.25) is 10.0 Å². The maximum absolute atomic E-state index is 12.8. The molecule has 3 heterocycles. The molecule has 2 fully saturated rings. The molecule has 2 aliphatic rings. The minimum absolute atomic E-state index is 0.0592. The van der Waals surface area contributed by atoms with Crippen LogP contribution in [0.3, 0.4) is 0 Å². The standard InChI is InChI=1S/C15H23N3O3S/c1-15(11-21-12-15)10-17-14-13(6-5-7-16-14)22(19,20)18-8-3-2-4-9-18/h5-7H,2-4,8-12H2,1H3,(H,16,17). The molecular weight excluding hydrogens is 302 g/mol. The van der Waals surface area contributed by atoms with Crippen molar-refractivity contribution in [3.63, 3.8) is 0 Å². The Morgan fingerprint density at radius 1 is 1.32 bits per heavy atom. The lowest BCUT2D eigenvalue weighted by atomic mass is 9.89. The van der Waals surface area contributed by atoms with Crippen molar-refractivity contribution < 1.29 is 13.2 Å². The zero-order chi connectivity index (χ0) is 15.6. The van der Waals surface area contributed by atoms with Crippen molar-refractivity contribution >= 4 is 15.8 Å². The first-order chi connectivity index (χ1) is 10.5. The molecule has 22 heavy (non-hydrogen) atoms. The molecule has 1 aromatic heterocycles. The molecule has 122 valence electrons. The molecule has 0 saturated carbocycles. The molecule has 2 aliphatic heterocycles. The maximum atomic E-state index is 12.8. The third-order valence-electron chi connectivity index (χ3n) is 4.29. The van der Waals surface area contributed by atoms with Crippen molar-refractivity contribution in [2.24, 2.45) is 5.41 Å². The molecule has 0 spiro atoms. The first kappa shape index (κ1) is 15.7. The van der Waals surface area contributed by atoms with E-state index in [9.17, 15) is 8.42 Å². The van der Waals surface area contributed by atoms with Crippen LogP contribution in [0, 0.1) is 5.41 Å². The number of anilines is 1. The molecule has 3 rings (SSSR count). The van der Waals surface area contributed by atoms with Gasteiger partial charge in [-0.05, 0) is 25.0 Å². The van der Waals surface area contributed by atoms with E-state index in [-0.39, 0.29) is 10.3 Å². The minimum Gasteiger partial charge on any atom is -0.380 e. The average molecular weight is 325 g/mol. The minimum atomic E-state index is -3.47. The normalized spacial score (nSPS) is 22.0. The number of rotatable bonds is 5. The van der Waals surface area contributed by atoms with Gasteiger partial charge in [-0.1, -0.05) is 13.3 Å². The van der Waals surface area contributed by atoms with Crippen LogP contribution in [-0.2, 0) is 14.8 Å². The topological polar surface area (TPSA) is 71.5 Å². The van der Waals surface area contributed by atoms with Crippen LogP contribution in [0.2, 0.25) is 0 Å². The second-order valence-corrected chi connectivity index (χ2v) is 8.38. The van der Waals surface area contributed by atoms with Crippen LogP contribution in [-0.4, -0.2) is 50.6 Å². The Balaban J connectivity index is 1.80. The van der Waals surface area contributed by atoms with Crippen molar-refractivity contribution in [3.8, 4) is 0 Å². The highest BCUT2D eigenvalue weighted by molar-refractivity contribution is 7.89. The monoisotopic (exact) mass is 325 g/mol. The number of ether oxygens (including phenoxy) is 1. The van der Waals surface area contributed by atoms with Crippen LogP contribution < -0.4 is 5.32 Å². The van der Waals surface area contributed by atoms with Gasteiger partial charge >= 0.3 is 0 Å². The van der Waals surface area contributed by atoms with E-state index in [2.05, 4.69) is 17.2 Å². The SMILES string of the molecule is CC1(CNc2ncccc2S(=O)(=O)N2CCCCC2)COC1. The highest BCUT2D eigenvalue weighted by Crippen LogP contribution is 2.29. The number of sulfonamides is 1. The Hall–Kier alpha value is -1.18. The van der Waals surface area contributed by atoms with Gasteiger partial charge in [0.15, 0.2) is 0 Å². The Kier molecular flexibility index (Phi) is 4.38. The van der Waals surface area contributed by atoms with Crippen molar-refractivity contribution in [3.05, 3.63) is 18.3 Å². The number of nitrogens with zero attached hydrogens (tertiary/aromatic N) is 2. The molecular formula is C15H23N3O3S. The molecule has 0 radical (unpaired) electrons. The van der Waals surface area contributed by atoms with Gasteiger partial charge < -0.3 is 10.1 Å². The summed E-state index contributed by atoms with van der Waals surface area (Å²) in [5, 5.41) is 3.20. The van der Waals surface area contributed by atoms with Gasteiger partial charge in [-0.25, -0.2) is 13.4 Å². The summed E-state index contributed by atoms with van der Waals surface area (Å²) < 4.78 is 32.5. The zero-order valence-corrected chi connectivity index (χ0v) is 13.7. The summed E-state index contributed by atoms with van der Waals surface area (Å²) in [5.74, 6) is 0.446. The molecule has 2 saturated heterocycles. The lowest BCUT2D eigenvalue weighted by Gasteiger charge is -2.38. The number of hydrogen-bond acceptors (Lipinski definition) is 5. The highest BCUT2D eigenvalue weighted by Gasteiger charge is 2.34. The second kappa shape index (κ2) is 6.14. The summed E-state index contributed by atoms with van der Waals surface area (Å²) in [4.78, 5) is 4.52. The number of pyridine rings is 1. The van der Waals surface area contributed by atoms with E-state index in [1.54, 1.807) is 22.6 Å². The largest absolute Gasteiger partial charge is 0.380 e. The van der Waals surface area contributed by atoms with E-state index < -0.39 is 10.0 Å². The van der Waals surface area contributed by atoms with Crippen molar-refractivity contribution in [1.29, 1.82) is 0 Å². The van der Waals surface area contributed by atoms with E-state index in [0.29, 0.717) is 38.7 Å². The number of aromatic nitrogens is 1. The highest BCUT2D eigenvalue weighted by atomic mass is 32.2. The van der Waals surface area contributed by atoms with Gasteiger partial charge in [-0.2, -0.15) is 4.31 Å². The first-order valence-corrected chi connectivity index (χ1v) is 9.22. The predicted molar refractivity (Wildman–Crippen MR) is 84.3 cm³/mol. The summed E-state index contributed by atoms with van der Waals surface area (Å²) in [6.45, 7) is 5.37. The van der Waals surface area contributed by atoms with E-state index in [4.69, 9.17) is 4.74 Å². The Bertz CT molecular complexity index is 623. The van der Waals surface area contributed by atoms with Crippen LogP contribution in [0.1, 0.15) is 26.2 Å². The molecule has 7 heteroatoms. The van der Waals surface area contributed by atoms with E-state index in [0.717, 1.165) is 19.3 Å². The van der Waals surface area contributed by atoms with Gasteiger partial charge in [-0.15, -0.1) is 0 Å². The molecule has 0 aliphatic carbocycles. The zero-order valence-electron chi connectivity index (χ0n) is 12.9. The smallest absolute Gasteiger partial charge is 0.246 e. The number of piperidine rings is 1. The van der Waals surface area contributed by atoms with Gasteiger partial charge in [0.25, 0.3) is 0 Å². The molecule has 0 unspecified atom stereocenters. The maximum Gasteiger partial charge on any atom is 0.246 e. The van der Waals surface area contributed by atoms with Crippen molar-refractivity contribution in [1.82, 2.24) is 9.29 Å². The average Bonchev–Trinajstić information content (AvgIpc) is 2.52. The third-order valence-corrected chi connectivity index (χ3v) is 6.22. The summed E-state index contributed by atoms with van der Waals surface area (Å²) in [6, 6.07) is 3.31. The van der Waals surface area contributed by atoms with Crippen LogP contribution in [0.15, 0.2) is 23.2 Å². The molecule has 1 N–H and O–H groups in total. The Morgan fingerprint density at radius 3 is 2.68 bits per heavy atom. The van der Waals surface area contributed by atoms with Gasteiger partial charge in [0.1, 0.15) is 10.7 Å². The Labute approximate surface area is 131 Å². The fraction of sp³-hybridized carbons (Fsp3) is 0.667. The van der Waals surface area contributed by atoms with Crippen LogP contribution in [0.5, 0.6) is 0 Å². The van der Waals surface area contributed by atoms with E-state index >= 15 is 0 Å². The van der Waals surface area contributed by atoms with Crippen molar-refractivity contribution in [2.75, 3.05) is 38.2 Å². The van der Waals surface area contributed by atoms with E-state index in [1.165, 1.54) is 0 Å². The summed E-state index contributed by atoms with van der Waals surface area (Å²) in [5.41, 5.74) is 0.0592. The van der Waals surface area contributed by atoms with Gasteiger partial charge in [-0.3, -0.25) is 0 Å². The lowest BCUT2D eigenvalue weighted by molar-refractivity contribution is -0.0925. The fourth-order valence-corrected chi connectivity index (χ4v) is 4.46. The third kappa shape index (κ3) is 3.11. The predicted octanol–water partition coefficient (Wildman–Crippen LogP) is 1.70. The summed E-state index contributed by atoms with van der Waals surface area (Å²) in [7, 11) is -3.47. The second-order valence-electron chi connectivity index (χ2n) is 6.47. The number of hydrogen-bond donors (Lipinski definition) is 1. The van der Waals surface area contributed by atoms with E-state index in [1.807, 2.05) is 0 Å². The van der Waals surface area contributed by atoms with Crippen molar-refractivity contribution in [2.45, 2.75) is 31.1 Å². The summed E-state index contributed by atoms with van der Waals surface area (Å²) >= 11 is 0. The fourth-order valence-electron chi connectivity index (χ4n) is 2.83. The molecule has 0 bridgehead atoms. The summed E-state index contributed by atoms with van der Waals surface area (Å²) in [6.07, 6.45) is 4.58. The van der Waals surface area contributed by atoms with Gasteiger partial charge in [0, 0.05) is 31.2 Å². The van der Waals surface area contributed by atoms with Crippen LogP contribution in [0.4, 0.5) is 5.82 Å². The molecule has 0 amide bonds. The lowest BCUT2D eigenvalue weighted by Crippen LogP contribution is -2.45. The Morgan fingerprint density at radius 2 is 2.05 bits per heavy atom. The molecule has 0 aromatic carbocycles. The molecule has 1 aromatic rings. The number of nitrogens with one attached hydrogen (secondary N) is 1.